The largest absolute Gasteiger partial charge is 0.380 e. The molecular formula is C14H17ClN4. The van der Waals surface area contributed by atoms with E-state index in [1.807, 2.05) is 22.9 Å². The second-order valence-corrected chi connectivity index (χ2v) is 5.18. The molecule has 0 bridgehead atoms. The molecule has 5 heteroatoms. The summed E-state index contributed by atoms with van der Waals surface area (Å²) in [6, 6.07) is 6.46. The van der Waals surface area contributed by atoms with Crippen molar-refractivity contribution in [3.63, 3.8) is 0 Å². The van der Waals surface area contributed by atoms with E-state index in [4.69, 9.17) is 11.6 Å². The van der Waals surface area contributed by atoms with Crippen LogP contribution in [0.2, 0.25) is 5.02 Å². The Morgan fingerprint density at radius 2 is 2.16 bits per heavy atom. The Morgan fingerprint density at radius 1 is 1.32 bits per heavy atom. The quantitative estimate of drug-likeness (QED) is 0.906. The highest BCUT2D eigenvalue weighted by Crippen LogP contribution is 2.29. The first-order valence-electron chi connectivity index (χ1n) is 6.59. The molecule has 1 aromatic heterocycles. The third-order valence-corrected chi connectivity index (χ3v) is 3.75. The highest BCUT2D eigenvalue weighted by molar-refractivity contribution is 6.33. The maximum absolute atomic E-state index is 6.34. The lowest BCUT2D eigenvalue weighted by atomic mass is 10.1. The summed E-state index contributed by atoms with van der Waals surface area (Å²) in [6.45, 7) is 2.14. The van der Waals surface area contributed by atoms with Crippen molar-refractivity contribution >= 4 is 17.3 Å². The second kappa shape index (κ2) is 5.63. The van der Waals surface area contributed by atoms with E-state index in [0.717, 1.165) is 42.3 Å². The predicted molar refractivity (Wildman–Crippen MR) is 78.1 cm³/mol. The number of halogens is 1. The summed E-state index contributed by atoms with van der Waals surface area (Å²) in [5.41, 5.74) is 2.04. The van der Waals surface area contributed by atoms with Gasteiger partial charge in [-0.15, -0.1) is 0 Å². The van der Waals surface area contributed by atoms with Gasteiger partial charge in [0, 0.05) is 18.4 Å². The van der Waals surface area contributed by atoms with Gasteiger partial charge in [0.1, 0.15) is 0 Å². The Labute approximate surface area is 117 Å². The van der Waals surface area contributed by atoms with E-state index in [-0.39, 0.29) is 0 Å². The predicted octanol–water partition coefficient (Wildman–Crippen LogP) is 2.69. The lowest BCUT2D eigenvalue weighted by Gasteiger charge is -2.26. The van der Waals surface area contributed by atoms with Gasteiger partial charge in [0.05, 0.1) is 22.7 Å². The summed E-state index contributed by atoms with van der Waals surface area (Å²) in [4.78, 5) is 4.09. The lowest BCUT2D eigenvalue weighted by molar-refractivity contribution is 0.479. The van der Waals surface area contributed by atoms with E-state index in [9.17, 15) is 0 Å². The van der Waals surface area contributed by atoms with Gasteiger partial charge in [-0.2, -0.15) is 0 Å². The molecule has 2 heterocycles. The molecule has 1 fully saturated rings. The van der Waals surface area contributed by atoms with Crippen molar-refractivity contribution in [2.45, 2.75) is 18.9 Å². The number of hydrogen-bond donors (Lipinski definition) is 2. The molecular weight excluding hydrogens is 260 g/mol. The number of nitrogens with zero attached hydrogens (tertiary/aromatic N) is 2. The van der Waals surface area contributed by atoms with Gasteiger partial charge in [0.2, 0.25) is 0 Å². The molecule has 1 aromatic carbocycles. The summed E-state index contributed by atoms with van der Waals surface area (Å²) >= 11 is 6.34. The minimum absolute atomic E-state index is 0.502. The van der Waals surface area contributed by atoms with Gasteiger partial charge in [-0.25, -0.2) is 4.98 Å². The molecule has 0 amide bonds. The number of anilines is 1. The monoisotopic (exact) mass is 276 g/mol. The highest BCUT2D eigenvalue weighted by atomic mass is 35.5. The Hall–Kier alpha value is -1.52. The third-order valence-electron chi connectivity index (χ3n) is 3.45. The van der Waals surface area contributed by atoms with Crippen molar-refractivity contribution in [2.75, 3.05) is 18.4 Å². The normalized spacial score (nSPS) is 16.5. The first kappa shape index (κ1) is 12.5. The molecule has 0 aliphatic carbocycles. The van der Waals surface area contributed by atoms with Gasteiger partial charge in [0.25, 0.3) is 0 Å². The number of hydrogen-bond acceptors (Lipinski definition) is 3. The van der Waals surface area contributed by atoms with Gasteiger partial charge in [0.15, 0.2) is 0 Å². The summed E-state index contributed by atoms with van der Waals surface area (Å²) in [5.74, 6) is 0. The third kappa shape index (κ3) is 2.74. The molecule has 2 aromatic rings. The molecule has 1 aliphatic rings. The molecule has 0 saturated carbocycles. The number of aromatic nitrogens is 2. The zero-order valence-electron chi connectivity index (χ0n) is 10.6. The molecule has 0 atom stereocenters. The zero-order valence-corrected chi connectivity index (χ0v) is 11.4. The van der Waals surface area contributed by atoms with Crippen molar-refractivity contribution < 1.29 is 0 Å². The number of imidazole rings is 1. The van der Waals surface area contributed by atoms with E-state index in [1.54, 1.807) is 12.5 Å². The maximum Gasteiger partial charge on any atom is 0.0992 e. The van der Waals surface area contributed by atoms with Crippen LogP contribution in [0.3, 0.4) is 0 Å². The Kier molecular flexibility index (Phi) is 3.71. The van der Waals surface area contributed by atoms with Crippen LogP contribution >= 0.6 is 11.6 Å². The van der Waals surface area contributed by atoms with Gasteiger partial charge in [-0.1, -0.05) is 17.7 Å². The van der Waals surface area contributed by atoms with Crippen LogP contribution in [0, 0.1) is 0 Å². The van der Waals surface area contributed by atoms with Gasteiger partial charge in [-0.3, -0.25) is 0 Å². The van der Waals surface area contributed by atoms with Crippen LogP contribution < -0.4 is 10.6 Å². The van der Waals surface area contributed by atoms with E-state index >= 15 is 0 Å². The van der Waals surface area contributed by atoms with Crippen molar-refractivity contribution in [3.05, 3.63) is 41.9 Å². The molecule has 1 saturated heterocycles. The van der Waals surface area contributed by atoms with Crippen molar-refractivity contribution in [3.8, 4) is 5.69 Å². The fourth-order valence-corrected chi connectivity index (χ4v) is 2.74. The van der Waals surface area contributed by atoms with Gasteiger partial charge >= 0.3 is 0 Å². The summed E-state index contributed by atoms with van der Waals surface area (Å²) < 4.78 is 1.95. The van der Waals surface area contributed by atoms with Crippen LogP contribution in [0.15, 0.2) is 36.9 Å². The number of benzene rings is 1. The van der Waals surface area contributed by atoms with Crippen LogP contribution in [0.4, 0.5) is 5.69 Å². The van der Waals surface area contributed by atoms with Gasteiger partial charge in [-0.05, 0) is 38.1 Å². The fourth-order valence-electron chi connectivity index (χ4n) is 2.47. The number of piperidine rings is 1. The molecule has 4 nitrogen and oxygen atoms in total. The van der Waals surface area contributed by atoms with Gasteiger partial charge < -0.3 is 15.2 Å². The number of para-hydroxylation sites is 1. The molecule has 19 heavy (non-hydrogen) atoms. The summed E-state index contributed by atoms with van der Waals surface area (Å²) in [6.07, 6.45) is 7.72. The first-order valence-corrected chi connectivity index (χ1v) is 6.96. The lowest BCUT2D eigenvalue weighted by Crippen LogP contribution is -2.35. The van der Waals surface area contributed by atoms with E-state index in [0.29, 0.717) is 6.04 Å². The van der Waals surface area contributed by atoms with Crippen molar-refractivity contribution in [1.82, 2.24) is 14.9 Å². The Bertz CT molecular complexity index is 532. The molecule has 0 spiro atoms. The molecule has 3 rings (SSSR count). The Morgan fingerprint density at radius 3 is 2.89 bits per heavy atom. The van der Waals surface area contributed by atoms with Crippen molar-refractivity contribution in [2.24, 2.45) is 0 Å². The Balaban J connectivity index is 1.90. The summed E-state index contributed by atoms with van der Waals surface area (Å²) in [5, 5.41) is 7.71. The van der Waals surface area contributed by atoms with Crippen LogP contribution in [0.1, 0.15) is 12.8 Å². The van der Waals surface area contributed by atoms with E-state index < -0.39 is 0 Å². The SMILES string of the molecule is Clc1cccc(NC2CCNCC2)c1-n1ccnc1. The van der Waals surface area contributed by atoms with Crippen LogP contribution in [-0.4, -0.2) is 28.7 Å². The van der Waals surface area contributed by atoms with Crippen LogP contribution in [0.5, 0.6) is 0 Å². The standard InChI is InChI=1S/C14H17ClN4/c15-12-2-1-3-13(14(12)19-9-8-17-10-19)18-11-4-6-16-7-5-11/h1-3,8-11,16,18H,4-7H2. The first-order chi connectivity index (χ1) is 9.34. The smallest absolute Gasteiger partial charge is 0.0992 e. The fraction of sp³-hybridized carbons (Fsp3) is 0.357. The average Bonchev–Trinajstić information content (AvgIpc) is 2.94. The number of nitrogens with one attached hydrogen (secondary N) is 2. The molecule has 100 valence electrons. The summed E-state index contributed by atoms with van der Waals surface area (Å²) in [7, 11) is 0. The van der Waals surface area contributed by atoms with Crippen LogP contribution in [0.25, 0.3) is 5.69 Å². The van der Waals surface area contributed by atoms with E-state index in [2.05, 4.69) is 21.7 Å². The minimum atomic E-state index is 0.502. The topological polar surface area (TPSA) is 41.9 Å². The maximum atomic E-state index is 6.34. The molecule has 0 radical (unpaired) electrons. The number of rotatable bonds is 3. The molecule has 2 N–H and O–H groups in total. The minimum Gasteiger partial charge on any atom is -0.380 e. The van der Waals surface area contributed by atoms with E-state index in [1.165, 1.54) is 0 Å². The molecule has 1 aliphatic heterocycles. The second-order valence-electron chi connectivity index (χ2n) is 4.77. The highest BCUT2D eigenvalue weighted by Gasteiger charge is 2.16. The van der Waals surface area contributed by atoms with Crippen LogP contribution in [-0.2, 0) is 0 Å². The zero-order chi connectivity index (χ0) is 13.1. The molecule has 0 unspecified atom stereocenters. The van der Waals surface area contributed by atoms with Crippen molar-refractivity contribution in [1.29, 1.82) is 0 Å². The average molecular weight is 277 g/mol.